The van der Waals surface area contributed by atoms with Crippen LogP contribution in [0.5, 0.6) is 0 Å². The van der Waals surface area contributed by atoms with E-state index in [1.54, 1.807) is 12.1 Å². The van der Waals surface area contributed by atoms with E-state index in [2.05, 4.69) is 10.0 Å². The van der Waals surface area contributed by atoms with Crippen LogP contribution in [0.3, 0.4) is 0 Å². The topological polar surface area (TPSA) is 122 Å². The zero-order valence-corrected chi connectivity index (χ0v) is 11.1. The summed E-state index contributed by atoms with van der Waals surface area (Å²) in [7, 11) is -3.83. The Hall–Kier alpha value is -1.64. The summed E-state index contributed by atoms with van der Waals surface area (Å²) in [5.74, 6) is -0.193. The highest BCUT2D eigenvalue weighted by Crippen LogP contribution is 2.16. The van der Waals surface area contributed by atoms with E-state index >= 15 is 0 Å². The van der Waals surface area contributed by atoms with Crippen LogP contribution >= 0.6 is 0 Å². The third kappa shape index (κ3) is 6.75. The fraction of sp³-hybridized carbons (Fsp3) is 0.364. The molecule has 0 heterocycles. The number of aliphatic hydroxyl groups is 1. The van der Waals surface area contributed by atoms with Gasteiger partial charge in [-0.15, -0.1) is 0 Å². The molecule has 1 amide bonds. The van der Waals surface area contributed by atoms with Crippen LogP contribution in [0.25, 0.3) is 0 Å². The smallest absolute Gasteiger partial charge is 0.296 e. The van der Waals surface area contributed by atoms with Gasteiger partial charge in [0, 0.05) is 18.7 Å². The number of nitrogens with two attached hydrogens (primary N) is 1. The third-order valence-corrected chi connectivity index (χ3v) is 2.74. The predicted molar refractivity (Wildman–Crippen MR) is 72.7 cm³/mol. The molecule has 0 unspecified atom stereocenters. The van der Waals surface area contributed by atoms with Crippen molar-refractivity contribution in [2.24, 2.45) is 5.14 Å². The average Bonchev–Trinajstić information content (AvgIpc) is 2.27. The number of hydrogen-bond donors (Lipinski definition) is 4. The molecule has 0 fully saturated rings. The van der Waals surface area contributed by atoms with E-state index in [9.17, 15) is 13.2 Å². The molecule has 0 aliphatic rings. The van der Waals surface area contributed by atoms with Crippen molar-refractivity contribution in [2.45, 2.75) is 19.3 Å². The van der Waals surface area contributed by atoms with E-state index in [-0.39, 0.29) is 18.2 Å². The summed E-state index contributed by atoms with van der Waals surface area (Å²) in [6, 6.07) is 6.22. The van der Waals surface area contributed by atoms with E-state index < -0.39 is 10.2 Å². The van der Waals surface area contributed by atoms with Gasteiger partial charge in [0.2, 0.25) is 5.91 Å². The molecule has 0 saturated heterocycles. The first-order valence-corrected chi connectivity index (χ1v) is 7.26. The summed E-state index contributed by atoms with van der Waals surface area (Å²) in [4.78, 5) is 11.5. The summed E-state index contributed by atoms with van der Waals surface area (Å²) >= 11 is 0. The molecule has 0 saturated carbocycles. The lowest BCUT2D eigenvalue weighted by atomic mass is 10.2. The summed E-state index contributed by atoms with van der Waals surface area (Å²) in [5.41, 5.74) is 0.748. The molecule has 5 N–H and O–H groups in total. The Kier molecular flexibility index (Phi) is 5.74. The molecule has 0 aliphatic heterocycles. The first kappa shape index (κ1) is 15.4. The van der Waals surface area contributed by atoms with E-state index in [4.69, 9.17) is 10.2 Å². The molecule has 7 nitrogen and oxygen atoms in total. The maximum Gasteiger partial charge on any atom is 0.296 e. The van der Waals surface area contributed by atoms with Crippen LogP contribution in [0.1, 0.15) is 19.3 Å². The monoisotopic (exact) mass is 287 g/mol. The minimum atomic E-state index is -3.83. The van der Waals surface area contributed by atoms with Crippen molar-refractivity contribution < 1.29 is 18.3 Å². The summed E-state index contributed by atoms with van der Waals surface area (Å²) in [6.45, 7) is 0.0566. The van der Waals surface area contributed by atoms with E-state index in [1.165, 1.54) is 12.1 Å². The fourth-order valence-corrected chi connectivity index (χ4v) is 1.90. The number of anilines is 2. The SMILES string of the molecule is NS(=O)(=O)Nc1cccc(NC(=O)CCCCO)c1. The quantitative estimate of drug-likeness (QED) is 0.542. The normalized spacial score (nSPS) is 11.1. The fourth-order valence-electron chi connectivity index (χ4n) is 1.45. The first-order valence-electron chi connectivity index (χ1n) is 5.72. The first-order chi connectivity index (χ1) is 8.90. The number of rotatable bonds is 7. The molecule has 8 heteroatoms. The Balaban J connectivity index is 2.59. The highest BCUT2D eigenvalue weighted by molar-refractivity contribution is 7.90. The summed E-state index contributed by atoms with van der Waals surface area (Å²) in [5, 5.41) is 16.1. The van der Waals surface area contributed by atoms with Crippen LogP contribution in [-0.4, -0.2) is 26.0 Å². The van der Waals surface area contributed by atoms with Crippen molar-refractivity contribution in [1.29, 1.82) is 0 Å². The Morgan fingerprint density at radius 3 is 2.58 bits per heavy atom. The third-order valence-electron chi connectivity index (χ3n) is 2.22. The van der Waals surface area contributed by atoms with Crippen molar-refractivity contribution in [3.8, 4) is 0 Å². The molecule has 1 rings (SSSR count). The van der Waals surface area contributed by atoms with Gasteiger partial charge in [-0.25, -0.2) is 5.14 Å². The van der Waals surface area contributed by atoms with Crippen LogP contribution < -0.4 is 15.2 Å². The second kappa shape index (κ2) is 7.07. The lowest BCUT2D eigenvalue weighted by Gasteiger charge is -2.08. The Morgan fingerprint density at radius 1 is 1.26 bits per heavy atom. The number of unbranched alkanes of at least 4 members (excludes halogenated alkanes) is 1. The number of hydrogen-bond acceptors (Lipinski definition) is 4. The summed E-state index contributed by atoms with van der Waals surface area (Å²) in [6.07, 6.45) is 1.46. The second-order valence-electron chi connectivity index (χ2n) is 3.96. The molecule has 0 spiro atoms. The lowest BCUT2D eigenvalue weighted by molar-refractivity contribution is -0.116. The maximum absolute atomic E-state index is 11.5. The van der Waals surface area contributed by atoms with E-state index in [1.807, 2.05) is 0 Å². The molecule has 0 bridgehead atoms. The van der Waals surface area contributed by atoms with Gasteiger partial charge in [0.1, 0.15) is 0 Å². The van der Waals surface area contributed by atoms with Gasteiger partial charge in [-0.05, 0) is 31.0 Å². The van der Waals surface area contributed by atoms with Crippen LogP contribution in [0.2, 0.25) is 0 Å². The number of nitrogens with one attached hydrogen (secondary N) is 2. The molecule has 19 heavy (non-hydrogen) atoms. The van der Waals surface area contributed by atoms with Crippen molar-refractivity contribution in [1.82, 2.24) is 0 Å². The van der Waals surface area contributed by atoms with Crippen molar-refractivity contribution >= 4 is 27.5 Å². The predicted octanol–water partition coefficient (Wildman–Crippen LogP) is 0.403. The van der Waals surface area contributed by atoms with Crippen LogP contribution in [0.4, 0.5) is 11.4 Å². The van der Waals surface area contributed by atoms with Gasteiger partial charge >= 0.3 is 0 Å². The number of aliphatic hydroxyl groups excluding tert-OH is 1. The minimum absolute atomic E-state index is 0.0566. The molecule has 1 aromatic carbocycles. The zero-order chi connectivity index (χ0) is 14.3. The van der Waals surface area contributed by atoms with Crippen molar-refractivity contribution in [3.05, 3.63) is 24.3 Å². The van der Waals surface area contributed by atoms with Gasteiger partial charge in [-0.1, -0.05) is 6.07 Å². The Bertz CT molecular complexity index is 530. The molecule has 106 valence electrons. The zero-order valence-electron chi connectivity index (χ0n) is 10.3. The summed E-state index contributed by atoms with van der Waals surface area (Å²) < 4.78 is 23.8. The number of benzene rings is 1. The standard InChI is InChI=1S/C11H17N3O4S/c12-19(17,18)14-10-5-3-4-9(8-10)13-11(16)6-1-2-7-15/h3-5,8,14-15H,1-2,6-7H2,(H,13,16)(H2,12,17,18). The van der Waals surface area contributed by atoms with Crippen molar-refractivity contribution in [3.63, 3.8) is 0 Å². The van der Waals surface area contributed by atoms with Crippen LogP contribution in [0, 0.1) is 0 Å². The Morgan fingerprint density at radius 2 is 1.95 bits per heavy atom. The van der Waals surface area contributed by atoms with Gasteiger partial charge in [0.15, 0.2) is 0 Å². The van der Waals surface area contributed by atoms with Gasteiger partial charge in [-0.2, -0.15) is 8.42 Å². The van der Waals surface area contributed by atoms with Gasteiger partial charge < -0.3 is 10.4 Å². The number of carbonyl (C=O) groups is 1. The highest BCUT2D eigenvalue weighted by Gasteiger charge is 2.05. The Labute approximate surface area is 112 Å². The van der Waals surface area contributed by atoms with Gasteiger partial charge in [-0.3, -0.25) is 9.52 Å². The van der Waals surface area contributed by atoms with Gasteiger partial charge in [0.25, 0.3) is 10.2 Å². The highest BCUT2D eigenvalue weighted by atomic mass is 32.2. The van der Waals surface area contributed by atoms with E-state index in [0.717, 1.165) is 0 Å². The lowest BCUT2D eigenvalue weighted by Crippen LogP contribution is -2.21. The van der Waals surface area contributed by atoms with Crippen LogP contribution in [0.15, 0.2) is 24.3 Å². The molecule has 0 aromatic heterocycles. The van der Waals surface area contributed by atoms with E-state index in [0.29, 0.717) is 24.9 Å². The molecule has 0 aliphatic carbocycles. The number of carbonyl (C=O) groups excluding carboxylic acids is 1. The minimum Gasteiger partial charge on any atom is -0.396 e. The van der Waals surface area contributed by atoms with Gasteiger partial charge in [0.05, 0.1) is 5.69 Å². The molecule has 0 atom stereocenters. The van der Waals surface area contributed by atoms with Crippen molar-refractivity contribution in [2.75, 3.05) is 16.6 Å². The molecule has 0 radical (unpaired) electrons. The molecular weight excluding hydrogens is 270 g/mol. The maximum atomic E-state index is 11.5. The molecular formula is C11H17N3O4S. The van der Waals surface area contributed by atoms with Crippen LogP contribution in [-0.2, 0) is 15.0 Å². The second-order valence-corrected chi connectivity index (χ2v) is 5.25. The molecule has 1 aromatic rings. The average molecular weight is 287 g/mol. The largest absolute Gasteiger partial charge is 0.396 e. The number of amides is 1.